The second-order valence-corrected chi connectivity index (χ2v) is 12.3. The molecule has 49 heavy (non-hydrogen) atoms. The van der Waals surface area contributed by atoms with E-state index in [9.17, 15) is 50.8 Å². The number of fused-ring (bicyclic) bond motifs is 1. The maximum Gasteiger partial charge on any atom is 0.235 e. The number of rotatable bonds is 7. The number of benzene rings is 2. The van der Waals surface area contributed by atoms with Crippen molar-refractivity contribution in [1.82, 2.24) is 0 Å². The molecule has 0 saturated carbocycles. The Morgan fingerprint density at radius 2 is 1.33 bits per heavy atom. The summed E-state index contributed by atoms with van der Waals surface area (Å²) in [6.45, 7) is 2.51. The van der Waals surface area contributed by atoms with E-state index in [-0.39, 0.29) is 33.8 Å². The summed E-state index contributed by atoms with van der Waals surface area (Å²) in [6, 6.07) is 9.56. The molecule has 6 rings (SSSR count). The van der Waals surface area contributed by atoms with Gasteiger partial charge in [0.15, 0.2) is 18.2 Å². The zero-order valence-electron chi connectivity index (χ0n) is 26.1. The minimum Gasteiger partial charge on any atom is -0.508 e. The normalized spacial score (nSPS) is 38.3. The van der Waals surface area contributed by atoms with Gasteiger partial charge in [0.2, 0.25) is 23.8 Å². The van der Waals surface area contributed by atoms with Gasteiger partial charge in [-0.2, -0.15) is 0 Å². The molecule has 9 N–H and O–H groups in total. The molecule has 3 aliphatic rings. The maximum absolute atomic E-state index is 14.1. The number of aliphatic hydroxyl groups excluding tert-OH is 8. The van der Waals surface area contributed by atoms with Crippen LogP contribution in [0.5, 0.6) is 17.2 Å². The molecule has 0 unspecified atom stereocenters. The van der Waals surface area contributed by atoms with Crippen LogP contribution in [0.1, 0.15) is 13.8 Å². The molecule has 4 heterocycles. The number of hydrogen-bond acceptors (Lipinski definition) is 17. The van der Waals surface area contributed by atoms with E-state index >= 15 is 0 Å². The Morgan fingerprint density at radius 3 is 2.02 bits per heavy atom. The summed E-state index contributed by atoms with van der Waals surface area (Å²) in [5, 5.41) is 92.4. The van der Waals surface area contributed by atoms with E-state index in [2.05, 4.69) is 0 Å². The average molecular weight is 695 g/mol. The van der Waals surface area contributed by atoms with Crippen molar-refractivity contribution in [3.63, 3.8) is 0 Å². The number of aromatic hydroxyl groups is 1. The molecule has 0 aliphatic carbocycles. The molecule has 14 atom stereocenters. The highest BCUT2D eigenvalue weighted by Crippen LogP contribution is 2.36. The van der Waals surface area contributed by atoms with Crippen molar-refractivity contribution in [2.24, 2.45) is 0 Å². The number of hydrogen-bond donors (Lipinski definition) is 9. The standard InChI is InChI=1S/C32H38O17/c1-11-19(35)23(39)26(42)31(44-11)46-15-7-8-16-18(9-15)47-27(13-3-5-14(33)6-4-13)28(21(16)37)48-32-29(24(40)20(36)12(2)45-32)49-30-25(41)22(38)17(34)10-43-30/h3-9,11-12,17,19-20,22-26,29-36,38-42H,10H2,1-2H3/t11-,12+,17-,19-,20-,22+,23+,24+,25+,26-,29+,30+,31+,32-/m0/s1. The third kappa shape index (κ3) is 6.85. The monoisotopic (exact) mass is 694 g/mol. The number of ether oxygens (including phenoxy) is 6. The summed E-state index contributed by atoms with van der Waals surface area (Å²) >= 11 is 0. The third-order valence-corrected chi connectivity index (χ3v) is 8.78. The van der Waals surface area contributed by atoms with E-state index in [1.165, 1.54) is 56.3 Å². The van der Waals surface area contributed by atoms with Crippen molar-refractivity contribution in [3.05, 3.63) is 52.7 Å². The first-order valence-corrected chi connectivity index (χ1v) is 15.5. The molecule has 3 aliphatic heterocycles. The molecule has 1 aromatic heterocycles. The van der Waals surface area contributed by atoms with Gasteiger partial charge in [0.05, 0.1) is 24.2 Å². The van der Waals surface area contributed by atoms with Gasteiger partial charge in [-0.25, -0.2) is 0 Å². The highest BCUT2D eigenvalue weighted by atomic mass is 16.8. The van der Waals surface area contributed by atoms with Gasteiger partial charge in [0.25, 0.3) is 0 Å². The van der Waals surface area contributed by atoms with Crippen molar-refractivity contribution >= 4 is 11.0 Å². The smallest absolute Gasteiger partial charge is 0.235 e. The summed E-state index contributed by atoms with van der Waals surface area (Å²) in [7, 11) is 0. The van der Waals surface area contributed by atoms with Crippen molar-refractivity contribution in [3.8, 4) is 28.6 Å². The van der Waals surface area contributed by atoms with Gasteiger partial charge < -0.3 is 78.8 Å². The first-order valence-electron chi connectivity index (χ1n) is 15.5. The molecule has 17 heteroatoms. The molecule has 3 fully saturated rings. The highest BCUT2D eigenvalue weighted by Gasteiger charge is 2.49. The van der Waals surface area contributed by atoms with Crippen LogP contribution in [0.2, 0.25) is 0 Å². The molecule has 3 aromatic rings. The topological polar surface area (TPSA) is 268 Å². The van der Waals surface area contributed by atoms with E-state index in [0.29, 0.717) is 0 Å². The molecule has 17 nitrogen and oxygen atoms in total. The Bertz CT molecular complexity index is 1660. The van der Waals surface area contributed by atoms with Crippen LogP contribution >= 0.6 is 0 Å². The minimum absolute atomic E-state index is 0.0238. The number of phenols is 1. The van der Waals surface area contributed by atoms with E-state index < -0.39 is 104 Å². The van der Waals surface area contributed by atoms with Crippen LogP contribution in [0.15, 0.2) is 51.7 Å². The lowest BCUT2D eigenvalue weighted by molar-refractivity contribution is -0.341. The summed E-state index contributed by atoms with van der Waals surface area (Å²) in [4.78, 5) is 14.1. The minimum atomic E-state index is -1.76. The summed E-state index contributed by atoms with van der Waals surface area (Å²) in [5.74, 6) is -0.627. The van der Waals surface area contributed by atoms with Crippen LogP contribution < -0.4 is 14.9 Å². The molecule has 3 saturated heterocycles. The third-order valence-electron chi connectivity index (χ3n) is 8.78. The lowest BCUT2D eigenvalue weighted by Gasteiger charge is -2.44. The first-order chi connectivity index (χ1) is 23.2. The van der Waals surface area contributed by atoms with Crippen molar-refractivity contribution in [2.45, 2.75) is 99.9 Å². The van der Waals surface area contributed by atoms with E-state index in [0.717, 1.165) is 0 Å². The Hall–Kier alpha value is -3.43. The van der Waals surface area contributed by atoms with Crippen LogP contribution in [0.4, 0.5) is 0 Å². The number of aliphatic hydroxyl groups is 8. The van der Waals surface area contributed by atoms with Crippen molar-refractivity contribution < 1.29 is 78.8 Å². The van der Waals surface area contributed by atoms with Crippen LogP contribution in [0.3, 0.4) is 0 Å². The van der Waals surface area contributed by atoms with E-state index in [4.69, 9.17) is 32.8 Å². The average Bonchev–Trinajstić information content (AvgIpc) is 3.08. The zero-order valence-corrected chi connectivity index (χ0v) is 26.1. The lowest BCUT2D eigenvalue weighted by Crippen LogP contribution is -2.62. The quantitative estimate of drug-likeness (QED) is 0.130. The van der Waals surface area contributed by atoms with Crippen molar-refractivity contribution in [2.75, 3.05) is 6.61 Å². The Kier molecular flexibility index (Phi) is 10.2. The number of phenolic OH excluding ortho intramolecular Hbond substituents is 1. The fourth-order valence-corrected chi connectivity index (χ4v) is 5.80. The summed E-state index contributed by atoms with van der Waals surface area (Å²) < 4.78 is 40.3. The Morgan fingerprint density at radius 1 is 0.694 bits per heavy atom. The van der Waals surface area contributed by atoms with Crippen LogP contribution in [0, 0.1) is 0 Å². The van der Waals surface area contributed by atoms with Gasteiger partial charge >= 0.3 is 0 Å². The summed E-state index contributed by atoms with van der Waals surface area (Å²) in [5.41, 5.74) is -0.510. The van der Waals surface area contributed by atoms with Gasteiger partial charge in [-0.05, 0) is 50.2 Å². The van der Waals surface area contributed by atoms with Crippen molar-refractivity contribution in [1.29, 1.82) is 0 Å². The molecule has 2 aromatic carbocycles. The molecule has 0 spiro atoms. The SMILES string of the molecule is C[C@@H]1O[C@H](Oc2ccc3c(=O)c(O[C@@H]4O[C@H](C)[C@H](O)[C@@H](O)[C@H]4O[C@H]4OC[C@H](O)[C@@H](O)[C@H]4O)c(-c4ccc(O)cc4)oc3c2)[C@@H](O)[C@H](O)[C@H]1O. The molecule has 0 bridgehead atoms. The Labute approximate surface area is 277 Å². The van der Waals surface area contributed by atoms with Crippen LogP contribution in [-0.2, 0) is 18.9 Å². The predicted molar refractivity (Wildman–Crippen MR) is 162 cm³/mol. The second kappa shape index (κ2) is 14.1. The zero-order chi connectivity index (χ0) is 35.3. The van der Waals surface area contributed by atoms with Crippen LogP contribution in [-0.4, -0.2) is 139 Å². The lowest BCUT2D eigenvalue weighted by atomic mass is 9.99. The Balaban J connectivity index is 1.37. The molecule has 268 valence electrons. The maximum atomic E-state index is 14.1. The van der Waals surface area contributed by atoms with E-state index in [1.54, 1.807) is 0 Å². The van der Waals surface area contributed by atoms with Gasteiger partial charge in [-0.15, -0.1) is 0 Å². The highest BCUT2D eigenvalue weighted by molar-refractivity contribution is 5.83. The summed E-state index contributed by atoms with van der Waals surface area (Å²) in [6.07, 6.45) is -20.7. The van der Waals surface area contributed by atoms with E-state index in [1.807, 2.05) is 0 Å². The molecular formula is C32H38O17. The molecule has 0 amide bonds. The predicted octanol–water partition coefficient (Wildman–Crippen LogP) is -1.96. The fraction of sp³-hybridized carbons (Fsp3) is 0.531. The van der Waals surface area contributed by atoms with Gasteiger partial charge in [0.1, 0.15) is 65.9 Å². The molecular weight excluding hydrogens is 656 g/mol. The first kappa shape index (κ1) is 35.4. The van der Waals surface area contributed by atoms with Gasteiger partial charge in [0, 0.05) is 11.6 Å². The molecule has 0 radical (unpaired) electrons. The van der Waals surface area contributed by atoms with Gasteiger partial charge in [-0.3, -0.25) is 4.79 Å². The largest absolute Gasteiger partial charge is 0.508 e. The second-order valence-electron chi connectivity index (χ2n) is 12.3. The van der Waals surface area contributed by atoms with Gasteiger partial charge in [-0.1, -0.05) is 0 Å². The fourth-order valence-electron chi connectivity index (χ4n) is 5.80. The van der Waals surface area contributed by atoms with Crippen LogP contribution in [0.25, 0.3) is 22.3 Å².